The second kappa shape index (κ2) is 6.88. The van der Waals surface area contributed by atoms with Gasteiger partial charge in [-0.05, 0) is 53.6 Å². The van der Waals surface area contributed by atoms with Gasteiger partial charge in [-0.1, -0.05) is 0 Å². The Bertz CT molecular complexity index is 478. The molecule has 1 aromatic heterocycles. The number of likely N-dealkylation sites (tertiary alicyclic amines) is 1. The molecule has 2 rings (SSSR count). The molecule has 1 aromatic rings. The maximum absolute atomic E-state index is 12.7. The van der Waals surface area contributed by atoms with Crippen molar-refractivity contribution in [3.8, 4) is 0 Å². The lowest BCUT2D eigenvalue weighted by Crippen LogP contribution is -2.44. The van der Waals surface area contributed by atoms with Crippen LogP contribution in [0.2, 0.25) is 0 Å². The summed E-state index contributed by atoms with van der Waals surface area (Å²) in [6.07, 6.45) is 1.95. The number of carbonyl (C=O) groups is 1. The highest BCUT2D eigenvalue weighted by Crippen LogP contribution is 2.27. The summed E-state index contributed by atoms with van der Waals surface area (Å²) in [5, 5.41) is 3.08. The molecule has 1 amide bonds. The molecule has 0 radical (unpaired) electrons. The molecule has 0 aromatic carbocycles. The van der Waals surface area contributed by atoms with E-state index < -0.39 is 0 Å². The van der Waals surface area contributed by atoms with E-state index in [2.05, 4.69) is 30.7 Å². The van der Waals surface area contributed by atoms with Crippen molar-refractivity contribution >= 4 is 17.2 Å². The molecule has 0 aliphatic carbocycles. The van der Waals surface area contributed by atoms with Crippen LogP contribution in [0, 0.1) is 12.8 Å². The Balaban J connectivity index is 1.94. The number of hydrogen-bond donors (Lipinski definition) is 0. The van der Waals surface area contributed by atoms with Crippen LogP contribution in [-0.2, 0) is 4.79 Å². The molecule has 21 heavy (non-hydrogen) atoms. The molecule has 1 saturated heterocycles. The van der Waals surface area contributed by atoms with Gasteiger partial charge in [0.15, 0.2) is 0 Å². The first-order valence-electron chi connectivity index (χ1n) is 7.83. The predicted molar refractivity (Wildman–Crippen MR) is 87.5 cm³/mol. The van der Waals surface area contributed by atoms with Gasteiger partial charge in [-0.2, -0.15) is 0 Å². The van der Waals surface area contributed by atoms with Gasteiger partial charge in [-0.3, -0.25) is 4.79 Å². The molecule has 1 fully saturated rings. The van der Waals surface area contributed by atoms with Crippen molar-refractivity contribution in [1.82, 2.24) is 14.8 Å². The van der Waals surface area contributed by atoms with E-state index in [-0.39, 0.29) is 17.9 Å². The van der Waals surface area contributed by atoms with E-state index in [1.165, 1.54) is 0 Å². The molecule has 0 bridgehead atoms. The van der Waals surface area contributed by atoms with Crippen molar-refractivity contribution in [3.05, 3.63) is 16.1 Å². The Hall–Kier alpha value is -0.940. The molecule has 0 spiro atoms. The van der Waals surface area contributed by atoms with Gasteiger partial charge in [0.1, 0.15) is 5.01 Å². The van der Waals surface area contributed by atoms with E-state index in [0.29, 0.717) is 6.04 Å². The first-order chi connectivity index (χ1) is 9.90. The molecule has 5 heteroatoms. The Morgan fingerprint density at radius 3 is 2.48 bits per heavy atom. The summed E-state index contributed by atoms with van der Waals surface area (Å²) < 4.78 is 0. The topological polar surface area (TPSA) is 36.4 Å². The average Bonchev–Trinajstić information content (AvgIpc) is 2.91. The number of aromatic nitrogens is 1. The third kappa shape index (κ3) is 3.83. The number of thiazole rings is 1. The second-order valence-electron chi connectivity index (χ2n) is 6.36. The third-order valence-corrected chi connectivity index (χ3v) is 5.66. The van der Waals surface area contributed by atoms with Crippen LogP contribution in [0.15, 0.2) is 5.38 Å². The van der Waals surface area contributed by atoms with Crippen LogP contribution in [0.5, 0.6) is 0 Å². The van der Waals surface area contributed by atoms with Crippen molar-refractivity contribution in [1.29, 1.82) is 0 Å². The Morgan fingerprint density at radius 1 is 1.38 bits per heavy atom. The van der Waals surface area contributed by atoms with Gasteiger partial charge in [0.05, 0.1) is 6.04 Å². The maximum Gasteiger partial charge on any atom is 0.226 e. The highest BCUT2D eigenvalue weighted by molar-refractivity contribution is 7.09. The van der Waals surface area contributed by atoms with Crippen LogP contribution in [0.1, 0.15) is 50.4 Å². The average molecular weight is 309 g/mol. The summed E-state index contributed by atoms with van der Waals surface area (Å²) in [5.74, 6) is 0.451. The Labute approximate surface area is 132 Å². The normalized spacial score (nSPS) is 19.0. The Morgan fingerprint density at radius 2 is 2.00 bits per heavy atom. The monoisotopic (exact) mass is 309 g/mol. The molecule has 1 aliphatic rings. The van der Waals surface area contributed by atoms with Gasteiger partial charge in [0, 0.05) is 30.1 Å². The summed E-state index contributed by atoms with van der Waals surface area (Å²) in [5.41, 5.74) is 1.04. The lowest BCUT2D eigenvalue weighted by molar-refractivity contribution is -0.137. The number of piperidine rings is 1. The van der Waals surface area contributed by atoms with Crippen molar-refractivity contribution in [3.63, 3.8) is 0 Å². The van der Waals surface area contributed by atoms with Gasteiger partial charge in [0.25, 0.3) is 0 Å². The molecule has 0 N–H and O–H groups in total. The zero-order valence-electron chi connectivity index (χ0n) is 13.8. The van der Waals surface area contributed by atoms with E-state index in [0.717, 1.165) is 36.6 Å². The van der Waals surface area contributed by atoms with Crippen LogP contribution < -0.4 is 0 Å². The van der Waals surface area contributed by atoms with Gasteiger partial charge in [-0.25, -0.2) is 4.98 Å². The number of nitrogens with zero attached hydrogens (tertiary/aromatic N) is 3. The standard InChI is InChI=1S/C16H27N3OS/c1-11(2)19-8-6-14(7-9-19)16(20)18(5)13(4)15-17-12(3)10-21-15/h10-11,13-14H,6-9H2,1-5H3/t13-/m0/s1. The summed E-state index contributed by atoms with van der Waals surface area (Å²) in [6, 6.07) is 0.648. The molecule has 1 atom stereocenters. The van der Waals surface area contributed by atoms with E-state index in [4.69, 9.17) is 0 Å². The summed E-state index contributed by atoms with van der Waals surface area (Å²) in [7, 11) is 1.92. The number of amides is 1. The smallest absolute Gasteiger partial charge is 0.226 e. The number of hydrogen-bond acceptors (Lipinski definition) is 4. The zero-order chi connectivity index (χ0) is 15.6. The Kier molecular flexibility index (Phi) is 5.38. The lowest BCUT2D eigenvalue weighted by Gasteiger charge is -2.36. The maximum atomic E-state index is 12.7. The molecule has 0 unspecified atom stereocenters. The molecule has 2 heterocycles. The largest absolute Gasteiger partial charge is 0.336 e. The van der Waals surface area contributed by atoms with Crippen molar-refractivity contribution in [2.24, 2.45) is 5.92 Å². The fourth-order valence-electron chi connectivity index (χ4n) is 2.87. The molecule has 0 saturated carbocycles. The molecular formula is C16H27N3OS. The first-order valence-corrected chi connectivity index (χ1v) is 8.71. The third-order valence-electron chi connectivity index (χ3n) is 4.53. The van der Waals surface area contributed by atoms with Crippen molar-refractivity contribution in [2.75, 3.05) is 20.1 Å². The summed E-state index contributed by atoms with van der Waals surface area (Å²) in [4.78, 5) is 21.5. The molecule has 1 aliphatic heterocycles. The number of carbonyl (C=O) groups excluding carboxylic acids is 1. The minimum absolute atomic E-state index is 0.0688. The van der Waals surface area contributed by atoms with E-state index in [9.17, 15) is 4.79 Å². The van der Waals surface area contributed by atoms with Gasteiger partial charge in [0.2, 0.25) is 5.91 Å². The van der Waals surface area contributed by atoms with Crippen LogP contribution in [-0.4, -0.2) is 46.9 Å². The highest BCUT2D eigenvalue weighted by Gasteiger charge is 2.30. The van der Waals surface area contributed by atoms with Crippen LogP contribution in [0.4, 0.5) is 0 Å². The van der Waals surface area contributed by atoms with Gasteiger partial charge in [-0.15, -0.1) is 11.3 Å². The minimum atomic E-state index is 0.0688. The van der Waals surface area contributed by atoms with Gasteiger partial charge < -0.3 is 9.80 Å². The van der Waals surface area contributed by atoms with Crippen LogP contribution >= 0.6 is 11.3 Å². The fraction of sp³-hybridized carbons (Fsp3) is 0.750. The van der Waals surface area contributed by atoms with E-state index >= 15 is 0 Å². The molecule has 4 nitrogen and oxygen atoms in total. The zero-order valence-corrected chi connectivity index (χ0v) is 14.6. The highest BCUT2D eigenvalue weighted by atomic mass is 32.1. The second-order valence-corrected chi connectivity index (χ2v) is 7.25. The first kappa shape index (κ1) is 16.4. The lowest BCUT2D eigenvalue weighted by atomic mass is 9.94. The van der Waals surface area contributed by atoms with Crippen LogP contribution in [0.25, 0.3) is 0 Å². The fourth-order valence-corrected chi connectivity index (χ4v) is 3.77. The summed E-state index contributed by atoms with van der Waals surface area (Å²) in [6.45, 7) is 10.6. The minimum Gasteiger partial charge on any atom is -0.336 e. The number of aryl methyl sites for hydroxylation is 1. The van der Waals surface area contributed by atoms with Crippen LogP contribution in [0.3, 0.4) is 0 Å². The SMILES string of the molecule is Cc1csc([C@H](C)N(C)C(=O)C2CCN(C(C)C)CC2)n1. The number of rotatable bonds is 4. The van der Waals surface area contributed by atoms with Gasteiger partial charge >= 0.3 is 0 Å². The van der Waals surface area contributed by atoms with E-state index in [1.54, 1.807) is 11.3 Å². The van der Waals surface area contributed by atoms with Crippen molar-refractivity contribution in [2.45, 2.75) is 52.6 Å². The van der Waals surface area contributed by atoms with Crippen molar-refractivity contribution < 1.29 is 4.79 Å². The summed E-state index contributed by atoms with van der Waals surface area (Å²) >= 11 is 1.64. The molecular weight excluding hydrogens is 282 g/mol. The predicted octanol–water partition coefficient (Wildman–Crippen LogP) is 3.09. The molecule has 118 valence electrons. The van der Waals surface area contributed by atoms with E-state index in [1.807, 2.05) is 24.3 Å². The quantitative estimate of drug-likeness (QED) is 0.857.